The van der Waals surface area contributed by atoms with E-state index in [0.29, 0.717) is 0 Å². The molecule has 5 rings (SSSR count). The first-order chi connectivity index (χ1) is 12.6. The van der Waals surface area contributed by atoms with E-state index in [-0.39, 0.29) is 20.1 Å². The first kappa shape index (κ1) is 17.9. The predicted octanol–water partition coefficient (Wildman–Crippen LogP) is 6.03. The summed E-state index contributed by atoms with van der Waals surface area (Å²) in [4.78, 5) is 0. The smallest absolute Gasteiger partial charge is 0.0711 e. The Morgan fingerprint density at radius 2 is 1.59 bits per heavy atom. The third-order valence-corrected chi connectivity index (χ3v) is 5.25. The van der Waals surface area contributed by atoms with Gasteiger partial charge in [-0.1, -0.05) is 52.7 Å². The molecule has 2 heterocycles. The Kier molecular flexibility index (Phi) is 4.38. The first-order valence-corrected chi connectivity index (χ1v) is 8.92. The molecule has 0 aliphatic heterocycles. The fourth-order valence-corrected chi connectivity index (χ4v) is 4.35. The molecule has 0 bridgehead atoms. The largest absolute Gasteiger partial charge is 0.257 e. The molecule has 0 saturated heterocycles. The number of aryl methyl sites for hydroxylation is 3. The van der Waals surface area contributed by atoms with Gasteiger partial charge in [-0.25, -0.2) is 0 Å². The van der Waals surface area contributed by atoms with Crippen LogP contribution in [0.4, 0.5) is 0 Å². The fourth-order valence-electron chi connectivity index (χ4n) is 4.35. The number of nitrogens with zero attached hydrogens (tertiary/aromatic N) is 2. The van der Waals surface area contributed by atoms with E-state index in [4.69, 9.17) is 0 Å². The van der Waals surface area contributed by atoms with Gasteiger partial charge in [-0.3, -0.25) is 4.52 Å². The summed E-state index contributed by atoms with van der Waals surface area (Å²) >= 11 is 0. The standard InChI is InChI=1S/C24H19N2.Ir/c1-15-13-16(2)23(17(3)14-15)20-9-6-10-22-24(20)19-8-5-4-7-18(19)21-11-12-25-26(21)22;/h4-9,11-14H,1-3H3;/q-1;. The van der Waals surface area contributed by atoms with Crippen molar-refractivity contribution in [2.45, 2.75) is 20.8 Å². The van der Waals surface area contributed by atoms with Gasteiger partial charge in [0.15, 0.2) is 0 Å². The van der Waals surface area contributed by atoms with E-state index in [1.807, 2.05) is 16.8 Å². The van der Waals surface area contributed by atoms with E-state index in [2.05, 4.69) is 80.5 Å². The molecule has 135 valence electrons. The number of rotatable bonds is 1. The molecule has 2 nitrogen and oxygen atoms in total. The average molecular weight is 528 g/mol. The van der Waals surface area contributed by atoms with Gasteiger partial charge >= 0.3 is 0 Å². The number of hydrogen-bond donors (Lipinski definition) is 0. The maximum absolute atomic E-state index is 4.58. The summed E-state index contributed by atoms with van der Waals surface area (Å²) in [5, 5.41) is 8.27. The average Bonchev–Trinajstić information content (AvgIpc) is 3.11. The topological polar surface area (TPSA) is 17.3 Å². The summed E-state index contributed by atoms with van der Waals surface area (Å²) in [6, 6.07) is 22.8. The Morgan fingerprint density at radius 1 is 0.889 bits per heavy atom. The summed E-state index contributed by atoms with van der Waals surface area (Å²) in [7, 11) is 0. The Labute approximate surface area is 172 Å². The van der Waals surface area contributed by atoms with Gasteiger partial charge in [0.2, 0.25) is 0 Å². The van der Waals surface area contributed by atoms with E-state index in [9.17, 15) is 0 Å². The Morgan fingerprint density at radius 3 is 2.33 bits per heavy atom. The molecule has 0 atom stereocenters. The van der Waals surface area contributed by atoms with Crippen molar-refractivity contribution in [1.29, 1.82) is 0 Å². The molecular weight excluding hydrogens is 508 g/mol. The first-order valence-electron chi connectivity index (χ1n) is 8.92. The zero-order valence-electron chi connectivity index (χ0n) is 15.5. The summed E-state index contributed by atoms with van der Waals surface area (Å²) in [6.07, 6.45) is 1.87. The summed E-state index contributed by atoms with van der Waals surface area (Å²) in [6.45, 7) is 6.56. The van der Waals surface area contributed by atoms with Gasteiger partial charge in [0.05, 0.1) is 5.52 Å². The van der Waals surface area contributed by atoms with Gasteiger partial charge < -0.3 is 0 Å². The van der Waals surface area contributed by atoms with Gasteiger partial charge in [-0.05, 0) is 54.4 Å². The minimum absolute atomic E-state index is 0. The van der Waals surface area contributed by atoms with Crippen molar-refractivity contribution in [1.82, 2.24) is 9.61 Å². The number of fused-ring (bicyclic) bond motifs is 6. The predicted molar refractivity (Wildman–Crippen MR) is 109 cm³/mol. The minimum Gasteiger partial charge on any atom is -0.257 e. The zero-order valence-corrected chi connectivity index (χ0v) is 17.9. The Bertz CT molecular complexity index is 1290. The van der Waals surface area contributed by atoms with Crippen LogP contribution in [0.3, 0.4) is 0 Å². The third-order valence-electron chi connectivity index (χ3n) is 5.25. The van der Waals surface area contributed by atoms with Crippen LogP contribution in [0.15, 0.2) is 60.8 Å². The van der Waals surface area contributed by atoms with Crippen molar-refractivity contribution in [2.24, 2.45) is 0 Å². The van der Waals surface area contributed by atoms with Crippen LogP contribution >= 0.6 is 0 Å². The van der Waals surface area contributed by atoms with Crippen LogP contribution < -0.4 is 0 Å². The maximum Gasteiger partial charge on any atom is 0.0711 e. The minimum atomic E-state index is 0. The van der Waals surface area contributed by atoms with Gasteiger partial charge in [0.1, 0.15) is 0 Å². The molecular formula is C24H19IrN2-. The second-order valence-corrected chi connectivity index (χ2v) is 7.06. The molecule has 5 aromatic rings. The Hall–Kier alpha value is -2.48. The van der Waals surface area contributed by atoms with Crippen molar-refractivity contribution in [3.05, 3.63) is 83.6 Å². The maximum atomic E-state index is 4.58. The molecule has 3 aromatic carbocycles. The van der Waals surface area contributed by atoms with Crippen LogP contribution in [0.1, 0.15) is 16.7 Å². The number of hydrogen-bond acceptors (Lipinski definition) is 1. The molecule has 27 heavy (non-hydrogen) atoms. The van der Waals surface area contributed by atoms with E-state index in [1.54, 1.807) is 0 Å². The van der Waals surface area contributed by atoms with Crippen LogP contribution in [0.2, 0.25) is 0 Å². The second-order valence-electron chi connectivity index (χ2n) is 7.06. The molecule has 0 amide bonds. The van der Waals surface area contributed by atoms with Gasteiger partial charge in [-0.2, -0.15) is 23.3 Å². The van der Waals surface area contributed by atoms with Gasteiger partial charge in [-0.15, -0.1) is 5.56 Å². The Balaban J connectivity index is 0.00000180. The van der Waals surface area contributed by atoms with Crippen LogP contribution in [-0.4, -0.2) is 9.61 Å². The molecule has 0 fully saturated rings. The van der Waals surface area contributed by atoms with Crippen LogP contribution in [0.25, 0.3) is 38.3 Å². The molecule has 1 radical (unpaired) electrons. The fraction of sp³-hybridized carbons (Fsp3) is 0.125. The number of pyridine rings is 1. The molecule has 3 heteroatoms. The van der Waals surface area contributed by atoms with Crippen LogP contribution in [0.5, 0.6) is 0 Å². The second kappa shape index (κ2) is 6.60. The van der Waals surface area contributed by atoms with E-state index in [0.717, 1.165) is 11.0 Å². The van der Waals surface area contributed by atoms with Crippen molar-refractivity contribution in [2.75, 3.05) is 0 Å². The van der Waals surface area contributed by atoms with Crippen molar-refractivity contribution in [3.63, 3.8) is 0 Å². The number of aromatic nitrogens is 2. The summed E-state index contributed by atoms with van der Waals surface area (Å²) < 4.78 is 2.01. The van der Waals surface area contributed by atoms with E-state index < -0.39 is 0 Å². The monoisotopic (exact) mass is 528 g/mol. The van der Waals surface area contributed by atoms with Crippen LogP contribution in [0, 0.1) is 26.8 Å². The molecule has 0 aliphatic carbocycles. The van der Waals surface area contributed by atoms with Gasteiger partial charge in [0, 0.05) is 26.3 Å². The molecule has 0 N–H and O–H groups in total. The molecule has 0 saturated carbocycles. The SMILES string of the molecule is Cc1cc(C)c(-c2cc[c-]c3c2c2ccccc2c2ccnn32)c(C)c1.[Ir]. The molecule has 0 aliphatic rings. The third kappa shape index (κ3) is 2.62. The normalized spacial score (nSPS) is 11.2. The number of benzene rings is 3. The van der Waals surface area contributed by atoms with E-state index in [1.165, 1.54) is 44.0 Å². The molecule has 2 aromatic heterocycles. The molecule has 0 spiro atoms. The van der Waals surface area contributed by atoms with Crippen LogP contribution in [-0.2, 0) is 20.1 Å². The van der Waals surface area contributed by atoms with Gasteiger partial charge in [0.25, 0.3) is 0 Å². The summed E-state index contributed by atoms with van der Waals surface area (Å²) in [5.74, 6) is 0. The van der Waals surface area contributed by atoms with Crippen molar-refractivity contribution >= 4 is 27.2 Å². The van der Waals surface area contributed by atoms with E-state index >= 15 is 0 Å². The van der Waals surface area contributed by atoms with Crippen molar-refractivity contribution < 1.29 is 20.1 Å². The molecule has 0 unspecified atom stereocenters. The summed E-state index contributed by atoms with van der Waals surface area (Å²) in [5.41, 5.74) is 8.63. The van der Waals surface area contributed by atoms with Crippen molar-refractivity contribution in [3.8, 4) is 11.1 Å². The zero-order chi connectivity index (χ0) is 17.8. The quantitative estimate of drug-likeness (QED) is 0.192.